The van der Waals surface area contributed by atoms with Crippen LogP contribution in [-0.2, 0) is 10.0 Å². The lowest BCUT2D eigenvalue weighted by Gasteiger charge is -2.12. The molecule has 0 saturated carbocycles. The smallest absolute Gasteiger partial charge is 0.207 e. The number of hydrogen-bond acceptors (Lipinski definition) is 3. The van der Waals surface area contributed by atoms with E-state index in [1.807, 2.05) is 6.92 Å². The molecule has 1 unspecified atom stereocenters. The van der Waals surface area contributed by atoms with E-state index in [0.717, 1.165) is 28.0 Å². The second-order valence-electron chi connectivity index (χ2n) is 4.09. The zero-order valence-electron chi connectivity index (χ0n) is 9.44. The summed E-state index contributed by atoms with van der Waals surface area (Å²) in [5.74, 6) is 1.90. The average Bonchev–Trinajstić information content (AvgIpc) is 2.73. The summed E-state index contributed by atoms with van der Waals surface area (Å²) in [6.07, 6.45) is 0.916. The first-order valence-corrected chi connectivity index (χ1v) is 8.78. The molecular weight excluding hydrogens is 322 g/mol. The van der Waals surface area contributed by atoms with Crippen molar-refractivity contribution in [1.82, 2.24) is 4.72 Å². The molecule has 1 saturated heterocycles. The highest BCUT2D eigenvalue weighted by molar-refractivity contribution is 9.10. The van der Waals surface area contributed by atoms with E-state index in [1.54, 1.807) is 30.0 Å². The molecular formula is C11H14BrNO2S2. The van der Waals surface area contributed by atoms with Gasteiger partial charge in [0.1, 0.15) is 0 Å². The van der Waals surface area contributed by atoms with Crippen molar-refractivity contribution >= 4 is 37.7 Å². The van der Waals surface area contributed by atoms with Crippen molar-refractivity contribution in [3.05, 3.63) is 28.2 Å². The van der Waals surface area contributed by atoms with Crippen LogP contribution < -0.4 is 4.72 Å². The predicted octanol–water partition coefficient (Wildman–Crippen LogP) is 2.54. The van der Waals surface area contributed by atoms with E-state index in [9.17, 15) is 8.42 Å². The summed E-state index contributed by atoms with van der Waals surface area (Å²) in [5, 5.41) is 0. The Kier molecular flexibility index (Phi) is 4.18. The van der Waals surface area contributed by atoms with Gasteiger partial charge in [0.2, 0.25) is 10.0 Å². The van der Waals surface area contributed by atoms with E-state index in [1.165, 1.54) is 0 Å². The van der Waals surface area contributed by atoms with E-state index in [4.69, 9.17) is 0 Å². The van der Waals surface area contributed by atoms with Crippen molar-refractivity contribution in [2.45, 2.75) is 24.3 Å². The predicted molar refractivity (Wildman–Crippen MR) is 74.9 cm³/mol. The van der Waals surface area contributed by atoms with Gasteiger partial charge in [0, 0.05) is 16.3 Å². The van der Waals surface area contributed by atoms with E-state index in [0.29, 0.717) is 4.90 Å². The van der Waals surface area contributed by atoms with Gasteiger partial charge in [-0.2, -0.15) is 11.8 Å². The van der Waals surface area contributed by atoms with E-state index >= 15 is 0 Å². The Morgan fingerprint density at radius 3 is 2.82 bits per heavy atom. The molecule has 0 aliphatic carbocycles. The molecule has 1 aliphatic rings. The molecule has 1 atom stereocenters. The van der Waals surface area contributed by atoms with Gasteiger partial charge >= 0.3 is 0 Å². The topological polar surface area (TPSA) is 46.2 Å². The summed E-state index contributed by atoms with van der Waals surface area (Å²) in [4.78, 5) is 0.343. The maximum atomic E-state index is 12.1. The Labute approximate surface area is 115 Å². The molecule has 1 heterocycles. The van der Waals surface area contributed by atoms with Crippen molar-refractivity contribution in [1.29, 1.82) is 0 Å². The van der Waals surface area contributed by atoms with E-state index in [-0.39, 0.29) is 6.04 Å². The van der Waals surface area contributed by atoms with Crippen LogP contribution in [0.1, 0.15) is 12.0 Å². The summed E-state index contributed by atoms with van der Waals surface area (Å²) in [7, 11) is -3.37. The molecule has 0 bridgehead atoms. The summed E-state index contributed by atoms with van der Waals surface area (Å²) >= 11 is 5.15. The first-order valence-electron chi connectivity index (χ1n) is 5.35. The van der Waals surface area contributed by atoms with Crippen LogP contribution in [-0.4, -0.2) is 26.0 Å². The van der Waals surface area contributed by atoms with Gasteiger partial charge in [-0.05, 0) is 42.9 Å². The van der Waals surface area contributed by atoms with Crippen LogP contribution in [0.4, 0.5) is 0 Å². The molecule has 6 heteroatoms. The van der Waals surface area contributed by atoms with Crippen LogP contribution in [0.15, 0.2) is 27.6 Å². The Morgan fingerprint density at radius 1 is 1.47 bits per heavy atom. The summed E-state index contributed by atoms with van der Waals surface area (Å²) in [5.41, 5.74) is 0.925. The van der Waals surface area contributed by atoms with Gasteiger partial charge in [-0.1, -0.05) is 15.9 Å². The van der Waals surface area contributed by atoms with Crippen molar-refractivity contribution < 1.29 is 8.42 Å². The highest BCUT2D eigenvalue weighted by atomic mass is 79.9. The van der Waals surface area contributed by atoms with Crippen LogP contribution in [0.3, 0.4) is 0 Å². The molecule has 1 aromatic carbocycles. The van der Waals surface area contributed by atoms with Crippen molar-refractivity contribution in [2.24, 2.45) is 0 Å². The summed E-state index contributed by atoms with van der Waals surface area (Å²) < 4.78 is 27.9. The largest absolute Gasteiger partial charge is 0.240 e. The van der Waals surface area contributed by atoms with E-state index < -0.39 is 10.0 Å². The molecule has 1 aromatic rings. The van der Waals surface area contributed by atoms with Crippen molar-refractivity contribution in [3.8, 4) is 0 Å². The normalized spacial score (nSPS) is 20.7. The standard InChI is InChI=1S/C11H14BrNO2S2/c1-8-6-10(2-3-11(8)12)17(14,15)13-9-4-5-16-7-9/h2-3,6,9,13H,4-5,7H2,1H3. The Morgan fingerprint density at radius 2 is 2.24 bits per heavy atom. The van der Waals surface area contributed by atoms with Crippen LogP contribution in [0.25, 0.3) is 0 Å². The molecule has 0 aromatic heterocycles. The zero-order chi connectivity index (χ0) is 12.5. The lowest BCUT2D eigenvalue weighted by Crippen LogP contribution is -2.34. The second kappa shape index (κ2) is 5.30. The maximum absolute atomic E-state index is 12.1. The van der Waals surface area contributed by atoms with Gasteiger partial charge in [-0.25, -0.2) is 13.1 Å². The third-order valence-electron chi connectivity index (χ3n) is 2.69. The quantitative estimate of drug-likeness (QED) is 0.923. The fraction of sp³-hybridized carbons (Fsp3) is 0.455. The Balaban J connectivity index is 2.21. The van der Waals surface area contributed by atoms with Crippen LogP contribution in [0.2, 0.25) is 0 Å². The van der Waals surface area contributed by atoms with Gasteiger partial charge in [-0.15, -0.1) is 0 Å². The first-order chi connectivity index (χ1) is 7.99. The molecule has 17 heavy (non-hydrogen) atoms. The minimum Gasteiger partial charge on any atom is -0.207 e. The minimum absolute atomic E-state index is 0.0777. The average molecular weight is 336 g/mol. The second-order valence-corrected chi connectivity index (χ2v) is 7.81. The Bertz CT molecular complexity index is 510. The highest BCUT2D eigenvalue weighted by Crippen LogP contribution is 2.22. The van der Waals surface area contributed by atoms with Gasteiger partial charge in [0.25, 0.3) is 0 Å². The summed E-state index contributed by atoms with van der Waals surface area (Å²) in [6, 6.07) is 5.16. The number of hydrogen-bond donors (Lipinski definition) is 1. The van der Waals surface area contributed by atoms with Crippen LogP contribution in [0, 0.1) is 6.92 Å². The van der Waals surface area contributed by atoms with Crippen LogP contribution >= 0.6 is 27.7 Å². The van der Waals surface area contributed by atoms with Gasteiger partial charge < -0.3 is 0 Å². The summed E-state index contributed by atoms with van der Waals surface area (Å²) in [6.45, 7) is 1.88. The van der Waals surface area contributed by atoms with Crippen LogP contribution in [0.5, 0.6) is 0 Å². The maximum Gasteiger partial charge on any atom is 0.240 e. The molecule has 1 aliphatic heterocycles. The molecule has 0 amide bonds. The third kappa shape index (κ3) is 3.24. The first kappa shape index (κ1) is 13.4. The number of halogens is 1. The molecule has 0 radical (unpaired) electrons. The number of thioether (sulfide) groups is 1. The van der Waals surface area contributed by atoms with Gasteiger partial charge in [-0.3, -0.25) is 0 Å². The number of rotatable bonds is 3. The van der Waals surface area contributed by atoms with Gasteiger partial charge in [0.15, 0.2) is 0 Å². The molecule has 1 N–H and O–H groups in total. The van der Waals surface area contributed by atoms with Gasteiger partial charge in [0.05, 0.1) is 4.90 Å². The number of aryl methyl sites for hydroxylation is 1. The fourth-order valence-corrected chi connectivity index (χ4v) is 4.56. The molecule has 94 valence electrons. The SMILES string of the molecule is Cc1cc(S(=O)(=O)NC2CCSC2)ccc1Br. The molecule has 0 spiro atoms. The van der Waals surface area contributed by atoms with E-state index in [2.05, 4.69) is 20.7 Å². The molecule has 1 fully saturated rings. The number of benzene rings is 1. The third-order valence-corrected chi connectivity index (χ3v) is 6.26. The fourth-order valence-electron chi connectivity index (χ4n) is 1.70. The lowest BCUT2D eigenvalue weighted by molar-refractivity contribution is 0.563. The highest BCUT2D eigenvalue weighted by Gasteiger charge is 2.23. The Hall–Kier alpha value is -0.0400. The monoisotopic (exact) mass is 335 g/mol. The number of sulfonamides is 1. The molecule has 2 rings (SSSR count). The van der Waals surface area contributed by atoms with Crippen molar-refractivity contribution in [3.63, 3.8) is 0 Å². The molecule has 3 nitrogen and oxygen atoms in total. The van der Waals surface area contributed by atoms with Crippen molar-refractivity contribution in [2.75, 3.05) is 11.5 Å². The zero-order valence-corrected chi connectivity index (χ0v) is 12.7. The minimum atomic E-state index is -3.37. The number of nitrogens with one attached hydrogen (secondary N) is 1. The lowest BCUT2D eigenvalue weighted by atomic mass is 10.2.